The van der Waals surface area contributed by atoms with E-state index in [0.29, 0.717) is 0 Å². The van der Waals surface area contributed by atoms with Crippen LogP contribution in [-0.2, 0) is 6.54 Å². The van der Waals surface area contributed by atoms with Crippen LogP contribution < -0.4 is 9.47 Å². The molecule has 0 atom stereocenters. The van der Waals surface area contributed by atoms with Crippen LogP contribution in [0.5, 0.6) is 11.5 Å². The van der Waals surface area contributed by atoms with Crippen molar-refractivity contribution in [2.45, 2.75) is 6.54 Å². The van der Waals surface area contributed by atoms with Gasteiger partial charge in [-0.05, 0) is 85.4 Å². The highest BCUT2D eigenvalue weighted by atomic mass is 32.1. The minimum absolute atomic E-state index is 0.879. The van der Waals surface area contributed by atoms with E-state index in [1.165, 1.54) is 26.4 Å². The van der Waals surface area contributed by atoms with Crippen molar-refractivity contribution >= 4 is 11.3 Å². The van der Waals surface area contributed by atoms with Crippen LogP contribution in [-0.4, -0.2) is 33.2 Å². The second kappa shape index (κ2) is 7.72. The van der Waals surface area contributed by atoms with E-state index in [1.807, 2.05) is 35.6 Å². The zero-order chi connectivity index (χ0) is 17.8. The van der Waals surface area contributed by atoms with Gasteiger partial charge in [-0.1, -0.05) is 0 Å². The zero-order valence-electron chi connectivity index (χ0n) is 15.1. The van der Waals surface area contributed by atoms with Gasteiger partial charge in [0, 0.05) is 16.3 Å². The smallest absolute Gasteiger partial charge is 0.118 e. The van der Waals surface area contributed by atoms with E-state index >= 15 is 0 Å². The van der Waals surface area contributed by atoms with E-state index in [1.54, 1.807) is 14.2 Å². The largest absolute Gasteiger partial charge is 0.497 e. The normalized spacial score (nSPS) is 10.9. The first-order valence-corrected chi connectivity index (χ1v) is 8.98. The molecular formula is C21H23NO2S. The Morgan fingerprint density at radius 3 is 1.80 bits per heavy atom. The van der Waals surface area contributed by atoms with Gasteiger partial charge in [-0.2, -0.15) is 0 Å². The molecule has 0 aliphatic rings. The highest BCUT2D eigenvalue weighted by Gasteiger charge is 2.13. The van der Waals surface area contributed by atoms with E-state index in [-0.39, 0.29) is 0 Å². The average Bonchev–Trinajstić information content (AvgIpc) is 3.05. The predicted molar refractivity (Wildman–Crippen MR) is 106 cm³/mol. The molecule has 4 heteroatoms. The first-order valence-electron chi connectivity index (χ1n) is 8.17. The molecule has 3 rings (SSSR count). The molecule has 0 spiro atoms. The molecule has 0 fully saturated rings. The van der Waals surface area contributed by atoms with Crippen molar-refractivity contribution in [3.05, 3.63) is 60.2 Å². The quantitative estimate of drug-likeness (QED) is 0.611. The summed E-state index contributed by atoms with van der Waals surface area (Å²) in [6.45, 7) is 0.911. The summed E-state index contributed by atoms with van der Waals surface area (Å²) in [6, 6.07) is 18.8. The first kappa shape index (κ1) is 17.5. The SMILES string of the molecule is COc1ccc(-c2cc(CN(C)C)c(-c3ccc(OC)cc3)s2)cc1. The summed E-state index contributed by atoms with van der Waals surface area (Å²) in [5, 5.41) is 0. The molecule has 1 heterocycles. The lowest BCUT2D eigenvalue weighted by molar-refractivity contribution is 0.403. The van der Waals surface area contributed by atoms with Gasteiger partial charge in [-0.25, -0.2) is 0 Å². The van der Waals surface area contributed by atoms with Gasteiger partial charge in [-0.15, -0.1) is 11.3 Å². The van der Waals surface area contributed by atoms with E-state index in [4.69, 9.17) is 9.47 Å². The van der Waals surface area contributed by atoms with Crippen LogP contribution in [0.3, 0.4) is 0 Å². The molecule has 0 aliphatic heterocycles. The molecule has 1 aromatic heterocycles. The molecule has 130 valence electrons. The van der Waals surface area contributed by atoms with E-state index in [2.05, 4.69) is 49.3 Å². The molecular weight excluding hydrogens is 330 g/mol. The van der Waals surface area contributed by atoms with Crippen LogP contribution in [0.2, 0.25) is 0 Å². The second-order valence-electron chi connectivity index (χ2n) is 6.16. The lowest BCUT2D eigenvalue weighted by Crippen LogP contribution is -2.10. The van der Waals surface area contributed by atoms with Crippen LogP contribution in [0.15, 0.2) is 54.6 Å². The number of nitrogens with zero attached hydrogens (tertiary/aromatic N) is 1. The standard InChI is InChI=1S/C21H23NO2S/c1-22(2)14-17-13-20(15-5-9-18(23-3)10-6-15)25-21(17)16-7-11-19(24-4)12-8-16/h5-13H,14H2,1-4H3. The summed E-state index contributed by atoms with van der Waals surface area (Å²) >= 11 is 1.83. The molecule has 0 unspecified atom stereocenters. The van der Waals surface area contributed by atoms with Gasteiger partial charge in [0.1, 0.15) is 11.5 Å². The molecule has 0 N–H and O–H groups in total. The Balaban J connectivity index is 2.01. The Labute approximate surface area is 153 Å². The van der Waals surface area contributed by atoms with Crippen LogP contribution in [0.25, 0.3) is 20.9 Å². The molecule has 3 nitrogen and oxygen atoms in total. The molecule has 2 aromatic carbocycles. The third kappa shape index (κ3) is 4.03. The summed E-state index contributed by atoms with van der Waals surface area (Å²) in [4.78, 5) is 4.78. The number of methoxy groups -OCH3 is 2. The number of benzene rings is 2. The fourth-order valence-corrected chi connectivity index (χ4v) is 3.95. The van der Waals surface area contributed by atoms with Crippen molar-refractivity contribution in [3.8, 4) is 32.4 Å². The number of hydrogen-bond acceptors (Lipinski definition) is 4. The molecule has 0 saturated heterocycles. The van der Waals surface area contributed by atoms with E-state index in [9.17, 15) is 0 Å². The van der Waals surface area contributed by atoms with Crippen LogP contribution in [0.1, 0.15) is 5.56 Å². The molecule has 0 radical (unpaired) electrons. The van der Waals surface area contributed by atoms with Gasteiger partial charge in [0.25, 0.3) is 0 Å². The molecule has 0 aliphatic carbocycles. The fraction of sp³-hybridized carbons (Fsp3) is 0.238. The van der Waals surface area contributed by atoms with Gasteiger partial charge >= 0.3 is 0 Å². The molecule has 0 saturated carbocycles. The predicted octanol–water partition coefficient (Wildman–Crippen LogP) is 5.16. The van der Waals surface area contributed by atoms with Gasteiger partial charge in [0.05, 0.1) is 14.2 Å². The van der Waals surface area contributed by atoms with Crippen LogP contribution in [0.4, 0.5) is 0 Å². The van der Waals surface area contributed by atoms with Crippen molar-refractivity contribution in [1.82, 2.24) is 4.90 Å². The maximum atomic E-state index is 5.28. The number of thiophene rings is 1. The van der Waals surface area contributed by atoms with Gasteiger partial charge in [0.15, 0.2) is 0 Å². The van der Waals surface area contributed by atoms with Crippen molar-refractivity contribution < 1.29 is 9.47 Å². The minimum atomic E-state index is 0.879. The summed E-state index contributed by atoms with van der Waals surface area (Å²) in [6.07, 6.45) is 0. The van der Waals surface area contributed by atoms with Crippen molar-refractivity contribution in [2.24, 2.45) is 0 Å². The molecule has 0 bridgehead atoms. The van der Waals surface area contributed by atoms with Crippen LogP contribution >= 0.6 is 11.3 Å². The highest BCUT2D eigenvalue weighted by Crippen LogP contribution is 2.39. The molecule has 3 aromatic rings. The maximum Gasteiger partial charge on any atom is 0.118 e. The average molecular weight is 353 g/mol. The Hall–Kier alpha value is -2.30. The zero-order valence-corrected chi connectivity index (χ0v) is 15.9. The lowest BCUT2D eigenvalue weighted by atomic mass is 10.1. The van der Waals surface area contributed by atoms with Gasteiger partial charge in [0.2, 0.25) is 0 Å². The van der Waals surface area contributed by atoms with Crippen LogP contribution in [0, 0.1) is 0 Å². The number of hydrogen-bond donors (Lipinski definition) is 0. The van der Waals surface area contributed by atoms with Gasteiger partial charge in [-0.3, -0.25) is 0 Å². The molecule has 0 amide bonds. The summed E-state index contributed by atoms with van der Waals surface area (Å²) in [5.74, 6) is 1.76. The lowest BCUT2D eigenvalue weighted by Gasteiger charge is -2.10. The topological polar surface area (TPSA) is 21.7 Å². The van der Waals surface area contributed by atoms with Crippen molar-refractivity contribution in [2.75, 3.05) is 28.3 Å². The van der Waals surface area contributed by atoms with Crippen molar-refractivity contribution in [1.29, 1.82) is 0 Å². The van der Waals surface area contributed by atoms with E-state index in [0.717, 1.165) is 18.0 Å². The highest BCUT2D eigenvalue weighted by molar-refractivity contribution is 7.19. The molecule has 25 heavy (non-hydrogen) atoms. The fourth-order valence-electron chi connectivity index (χ4n) is 2.77. The first-order chi connectivity index (χ1) is 12.1. The third-order valence-electron chi connectivity index (χ3n) is 4.02. The Bertz CT molecular complexity index is 820. The van der Waals surface area contributed by atoms with Crippen molar-refractivity contribution in [3.63, 3.8) is 0 Å². The maximum absolute atomic E-state index is 5.28. The minimum Gasteiger partial charge on any atom is -0.497 e. The summed E-state index contributed by atoms with van der Waals surface area (Å²) in [5.41, 5.74) is 3.78. The third-order valence-corrected chi connectivity index (χ3v) is 5.30. The summed E-state index contributed by atoms with van der Waals surface area (Å²) < 4.78 is 10.5. The Kier molecular flexibility index (Phi) is 5.41. The number of rotatable bonds is 6. The van der Waals surface area contributed by atoms with Gasteiger partial charge < -0.3 is 14.4 Å². The second-order valence-corrected chi connectivity index (χ2v) is 7.21. The number of ether oxygens (including phenoxy) is 2. The Morgan fingerprint density at radius 2 is 1.32 bits per heavy atom. The Morgan fingerprint density at radius 1 is 0.800 bits per heavy atom. The summed E-state index contributed by atoms with van der Waals surface area (Å²) in [7, 11) is 7.58. The monoisotopic (exact) mass is 353 g/mol. The van der Waals surface area contributed by atoms with E-state index < -0.39 is 0 Å².